The minimum absolute atomic E-state index is 0.417. The van der Waals surface area contributed by atoms with E-state index in [0.717, 1.165) is 25.2 Å². The highest BCUT2D eigenvalue weighted by molar-refractivity contribution is 5.61. The molecule has 1 aliphatic heterocycles. The van der Waals surface area contributed by atoms with Gasteiger partial charge in [-0.15, -0.1) is 0 Å². The lowest BCUT2D eigenvalue weighted by molar-refractivity contribution is 0.255. The molecule has 3 rings (SSSR count). The average Bonchev–Trinajstić information content (AvgIpc) is 2.84. The van der Waals surface area contributed by atoms with Crippen LogP contribution in [0, 0.1) is 0 Å². The Morgan fingerprint density at radius 3 is 2.81 bits per heavy atom. The van der Waals surface area contributed by atoms with Gasteiger partial charge < -0.3 is 11.1 Å². The average molecular weight is 282 g/mol. The van der Waals surface area contributed by atoms with Gasteiger partial charge in [-0.2, -0.15) is 0 Å². The molecule has 21 heavy (non-hydrogen) atoms. The number of pyridine rings is 1. The fourth-order valence-corrected chi connectivity index (χ4v) is 2.98. The Morgan fingerprint density at radius 2 is 2.05 bits per heavy atom. The first-order valence-electron chi connectivity index (χ1n) is 7.49. The predicted octanol–water partition coefficient (Wildman–Crippen LogP) is 2.74. The molecule has 2 unspecified atom stereocenters. The first-order valence-corrected chi connectivity index (χ1v) is 7.49. The lowest BCUT2D eigenvalue weighted by atomic mass is 10.1. The first kappa shape index (κ1) is 13.9. The summed E-state index contributed by atoms with van der Waals surface area (Å²) in [5, 5.41) is 3.55. The van der Waals surface area contributed by atoms with Crippen molar-refractivity contribution in [1.29, 1.82) is 0 Å². The number of likely N-dealkylation sites (tertiary alicyclic amines) is 1. The van der Waals surface area contributed by atoms with Gasteiger partial charge >= 0.3 is 0 Å². The fourth-order valence-electron chi connectivity index (χ4n) is 2.98. The van der Waals surface area contributed by atoms with E-state index in [1.807, 2.05) is 12.1 Å². The molecule has 4 nitrogen and oxygen atoms in total. The van der Waals surface area contributed by atoms with Gasteiger partial charge in [0.15, 0.2) is 0 Å². The molecular formula is C17H22N4. The SMILES string of the molecule is CC1C(Nc2cccnc2N)CCN1Cc1ccccc1. The summed E-state index contributed by atoms with van der Waals surface area (Å²) >= 11 is 0. The Morgan fingerprint density at radius 1 is 1.24 bits per heavy atom. The van der Waals surface area contributed by atoms with Crippen LogP contribution in [0.2, 0.25) is 0 Å². The normalized spacial score (nSPS) is 22.3. The molecule has 0 aliphatic carbocycles. The molecule has 0 bridgehead atoms. The molecule has 1 saturated heterocycles. The lowest BCUT2D eigenvalue weighted by Gasteiger charge is -2.26. The van der Waals surface area contributed by atoms with Gasteiger partial charge in [0.05, 0.1) is 5.69 Å². The van der Waals surface area contributed by atoms with Crippen LogP contribution in [0.25, 0.3) is 0 Å². The number of nitrogen functional groups attached to an aromatic ring is 1. The zero-order valence-electron chi connectivity index (χ0n) is 12.4. The minimum Gasteiger partial charge on any atom is -0.382 e. The molecule has 110 valence electrons. The summed E-state index contributed by atoms with van der Waals surface area (Å²) in [5.41, 5.74) is 8.22. The van der Waals surface area contributed by atoms with Crippen molar-refractivity contribution in [2.24, 2.45) is 0 Å². The van der Waals surface area contributed by atoms with Crippen molar-refractivity contribution >= 4 is 11.5 Å². The van der Waals surface area contributed by atoms with Crippen LogP contribution in [-0.2, 0) is 6.54 Å². The summed E-state index contributed by atoms with van der Waals surface area (Å²) < 4.78 is 0. The van der Waals surface area contributed by atoms with E-state index in [4.69, 9.17) is 5.73 Å². The molecule has 1 aliphatic rings. The van der Waals surface area contributed by atoms with E-state index in [-0.39, 0.29) is 0 Å². The minimum atomic E-state index is 0.417. The van der Waals surface area contributed by atoms with Gasteiger partial charge in [-0.1, -0.05) is 30.3 Å². The number of nitrogens with one attached hydrogen (secondary N) is 1. The summed E-state index contributed by atoms with van der Waals surface area (Å²) in [5.74, 6) is 0.575. The van der Waals surface area contributed by atoms with E-state index in [1.54, 1.807) is 6.20 Å². The van der Waals surface area contributed by atoms with Crippen LogP contribution in [0.15, 0.2) is 48.7 Å². The van der Waals surface area contributed by atoms with Crippen molar-refractivity contribution < 1.29 is 0 Å². The Bertz CT molecular complexity index is 584. The molecule has 1 aromatic heterocycles. The molecule has 4 heteroatoms. The second-order valence-electron chi connectivity index (χ2n) is 5.67. The largest absolute Gasteiger partial charge is 0.382 e. The highest BCUT2D eigenvalue weighted by atomic mass is 15.2. The third kappa shape index (κ3) is 3.16. The Labute approximate surface area is 126 Å². The molecular weight excluding hydrogens is 260 g/mol. The number of rotatable bonds is 4. The number of hydrogen-bond acceptors (Lipinski definition) is 4. The topological polar surface area (TPSA) is 54.2 Å². The Balaban J connectivity index is 1.64. The molecule has 0 radical (unpaired) electrons. The fraction of sp³-hybridized carbons (Fsp3) is 0.353. The zero-order valence-corrected chi connectivity index (χ0v) is 12.4. The second kappa shape index (κ2) is 6.14. The Hall–Kier alpha value is -2.07. The van der Waals surface area contributed by atoms with Crippen molar-refractivity contribution in [3.8, 4) is 0 Å². The van der Waals surface area contributed by atoms with Crippen LogP contribution in [0.5, 0.6) is 0 Å². The summed E-state index contributed by atoms with van der Waals surface area (Å²) in [4.78, 5) is 6.65. The molecule has 2 aromatic rings. The van der Waals surface area contributed by atoms with Gasteiger partial charge in [-0.25, -0.2) is 4.98 Å². The molecule has 0 saturated carbocycles. The molecule has 0 amide bonds. The summed E-state index contributed by atoms with van der Waals surface area (Å²) in [7, 11) is 0. The number of nitrogens with zero attached hydrogens (tertiary/aromatic N) is 2. The van der Waals surface area contributed by atoms with Crippen LogP contribution in [0.3, 0.4) is 0 Å². The highest BCUT2D eigenvalue weighted by Gasteiger charge is 2.30. The van der Waals surface area contributed by atoms with Crippen LogP contribution in [0.1, 0.15) is 18.9 Å². The van der Waals surface area contributed by atoms with E-state index in [1.165, 1.54) is 5.56 Å². The zero-order chi connectivity index (χ0) is 14.7. The standard InChI is InChI=1S/C17H22N4/c1-13-15(20-16-8-5-10-19-17(16)18)9-11-21(13)12-14-6-3-2-4-7-14/h2-8,10,13,15,20H,9,11-12H2,1H3,(H2,18,19). The van der Waals surface area contributed by atoms with Crippen molar-refractivity contribution in [3.05, 3.63) is 54.2 Å². The maximum Gasteiger partial charge on any atom is 0.146 e. The highest BCUT2D eigenvalue weighted by Crippen LogP contribution is 2.25. The van der Waals surface area contributed by atoms with Crippen molar-refractivity contribution in [2.75, 3.05) is 17.6 Å². The van der Waals surface area contributed by atoms with Crippen molar-refractivity contribution in [3.63, 3.8) is 0 Å². The van der Waals surface area contributed by atoms with Crippen LogP contribution < -0.4 is 11.1 Å². The monoisotopic (exact) mass is 282 g/mol. The number of benzene rings is 1. The van der Waals surface area contributed by atoms with Crippen LogP contribution in [0.4, 0.5) is 11.5 Å². The summed E-state index contributed by atoms with van der Waals surface area (Å²) in [6.45, 7) is 4.39. The number of nitrogens with two attached hydrogens (primary N) is 1. The second-order valence-corrected chi connectivity index (χ2v) is 5.67. The smallest absolute Gasteiger partial charge is 0.146 e. The molecule has 1 fully saturated rings. The number of anilines is 2. The van der Waals surface area contributed by atoms with E-state index in [9.17, 15) is 0 Å². The van der Waals surface area contributed by atoms with E-state index >= 15 is 0 Å². The Kier molecular flexibility index (Phi) is 4.06. The quantitative estimate of drug-likeness (QED) is 0.905. The van der Waals surface area contributed by atoms with Gasteiger partial charge in [0.2, 0.25) is 0 Å². The van der Waals surface area contributed by atoms with E-state index < -0.39 is 0 Å². The number of aromatic nitrogens is 1. The molecule has 1 aromatic carbocycles. The molecule has 0 spiro atoms. The molecule has 2 atom stereocenters. The molecule has 3 N–H and O–H groups in total. The molecule has 2 heterocycles. The third-order valence-corrected chi connectivity index (χ3v) is 4.29. The van der Waals surface area contributed by atoms with Gasteiger partial charge in [0, 0.05) is 31.4 Å². The van der Waals surface area contributed by atoms with Crippen LogP contribution in [-0.4, -0.2) is 28.5 Å². The van der Waals surface area contributed by atoms with Crippen molar-refractivity contribution in [1.82, 2.24) is 9.88 Å². The predicted molar refractivity (Wildman–Crippen MR) is 87.0 cm³/mol. The number of hydrogen-bond donors (Lipinski definition) is 2. The maximum atomic E-state index is 5.92. The van der Waals surface area contributed by atoms with Gasteiger partial charge in [0.25, 0.3) is 0 Å². The third-order valence-electron chi connectivity index (χ3n) is 4.29. The maximum absolute atomic E-state index is 5.92. The van der Waals surface area contributed by atoms with E-state index in [0.29, 0.717) is 17.9 Å². The van der Waals surface area contributed by atoms with Gasteiger partial charge in [-0.05, 0) is 31.0 Å². The van der Waals surface area contributed by atoms with Crippen LogP contribution >= 0.6 is 0 Å². The summed E-state index contributed by atoms with van der Waals surface area (Å²) in [6, 6.07) is 15.4. The van der Waals surface area contributed by atoms with Crippen molar-refractivity contribution in [2.45, 2.75) is 32.0 Å². The first-order chi connectivity index (χ1) is 10.2. The summed E-state index contributed by atoms with van der Waals surface area (Å²) in [6.07, 6.45) is 2.85. The van der Waals surface area contributed by atoms with Gasteiger partial charge in [0.1, 0.15) is 5.82 Å². The van der Waals surface area contributed by atoms with E-state index in [2.05, 4.69) is 52.5 Å². The lowest BCUT2D eigenvalue weighted by Crippen LogP contribution is -2.35. The van der Waals surface area contributed by atoms with Gasteiger partial charge in [-0.3, -0.25) is 4.90 Å².